The van der Waals surface area contributed by atoms with E-state index in [4.69, 9.17) is 5.73 Å². The molecule has 2 nitrogen and oxygen atoms in total. The zero-order chi connectivity index (χ0) is 14.5. The topological polar surface area (TPSA) is 29.3 Å². The normalized spacial score (nSPS) is 12.4. The van der Waals surface area contributed by atoms with Gasteiger partial charge < -0.3 is 10.6 Å². The Morgan fingerprint density at radius 2 is 2.10 bits per heavy atom. The van der Waals surface area contributed by atoms with Crippen molar-refractivity contribution in [1.82, 2.24) is 0 Å². The molecule has 0 fully saturated rings. The maximum Gasteiger partial charge on any atom is 0.0397 e. The van der Waals surface area contributed by atoms with Crippen LogP contribution in [-0.4, -0.2) is 19.6 Å². The number of hydrogen-bond donors (Lipinski definition) is 1. The lowest BCUT2D eigenvalue weighted by Crippen LogP contribution is -2.24. The first kappa shape index (κ1) is 15.1. The zero-order valence-corrected chi connectivity index (χ0v) is 13.4. The summed E-state index contributed by atoms with van der Waals surface area (Å²) in [5.74, 6) is 0. The average molecular weight is 288 g/mol. The quantitative estimate of drug-likeness (QED) is 0.879. The predicted octanol–water partition coefficient (Wildman–Crippen LogP) is 3.63. The zero-order valence-electron chi connectivity index (χ0n) is 12.6. The number of benzene rings is 1. The van der Waals surface area contributed by atoms with Crippen LogP contribution in [0.25, 0.3) is 0 Å². The molecule has 1 unspecified atom stereocenters. The molecule has 108 valence electrons. The number of rotatable bonds is 6. The van der Waals surface area contributed by atoms with E-state index < -0.39 is 0 Å². The molecule has 0 saturated heterocycles. The van der Waals surface area contributed by atoms with Crippen LogP contribution >= 0.6 is 11.3 Å². The summed E-state index contributed by atoms with van der Waals surface area (Å²) in [6.07, 6.45) is 2.03. The Balaban J connectivity index is 2.09. The molecule has 1 aromatic carbocycles. The number of hydrogen-bond acceptors (Lipinski definition) is 3. The summed E-state index contributed by atoms with van der Waals surface area (Å²) in [5, 5.41) is 2.14. The van der Waals surface area contributed by atoms with Crippen molar-refractivity contribution in [3.05, 3.63) is 51.7 Å². The largest absolute Gasteiger partial charge is 0.374 e. The molecule has 0 radical (unpaired) electrons. The van der Waals surface area contributed by atoms with E-state index in [9.17, 15) is 0 Å². The minimum absolute atomic E-state index is 0.196. The number of anilines is 1. The number of thiophene rings is 1. The van der Waals surface area contributed by atoms with Crippen LogP contribution in [0.3, 0.4) is 0 Å². The molecule has 2 rings (SSSR count). The summed E-state index contributed by atoms with van der Waals surface area (Å²) in [6, 6.07) is 11.2. The molecule has 1 atom stereocenters. The van der Waals surface area contributed by atoms with Gasteiger partial charge in [-0.2, -0.15) is 0 Å². The van der Waals surface area contributed by atoms with Crippen molar-refractivity contribution in [3.63, 3.8) is 0 Å². The minimum atomic E-state index is 0.196. The molecular formula is C17H24N2S. The van der Waals surface area contributed by atoms with E-state index in [0.29, 0.717) is 0 Å². The van der Waals surface area contributed by atoms with Crippen molar-refractivity contribution >= 4 is 17.0 Å². The van der Waals surface area contributed by atoms with Gasteiger partial charge in [-0.05, 0) is 49.8 Å². The third kappa shape index (κ3) is 4.09. The fourth-order valence-corrected chi connectivity index (χ4v) is 3.15. The summed E-state index contributed by atoms with van der Waals surface area (Å²) < 4.78 is 0. The van der Waals surface area contributed by atoms with Gasteiger partial charge in [0.25, 0.3) is 0 Å². The van der Waals surface area contributed by atoms with Gasteiger partial charge in [-0.3, -0.25) is 0 Å². The Morgan fingerprint density at radius 3 is 2.75 bits per heavy atom. The van der Waals surface area contributed by atoms with E-state index in [0.717, 1.165) is 19.4 Å². The first-order valence-corrected chi connectivity index (χ1v) is 8.03. The van der Waals surface area contributed by atoms with Gasteiger partial charge in [0, 0.05) is 30.2 Å². The molecule has 2 N–H and O–H groups in total. The highest BCUT2D eigenvalue weighted by Gasteiger charge is 2.10. The Morgan fingerprint density at radius 1 is 1.30 bits per heavy atom. The van der Waals surface area contributed by atoms with E-state index in [-0.39, 0.29) is 6.04 Å². The molecule has 0 aliphatic heterocycles. The van der Waals surface area contributed by atoms with Crippen molar-refractivity contribution in [3.8, 4) is 0 Å². The first-order valence-electron chi connectivity index (χ1n) is 7.15. The number of aryl methyl sites for hydroxylation is 1. The lowest BCUT2D eigenvalue weighted by Gasteiger charge is -2.23. The molecule has 0 aliphatic rings. The van der Waals surface area contributed by atoms with Crippen LogP contribution in [0.5, 0.6) is 0 Å². The van der Waals surface area contributed by atoms with Gasteiger partial charge in [0.15, 0.2) is 0 Å². The van der Waals surface area contributed by atoms with E-state index in [2.05, 4.69) is 61.5 Å². The molecule has 0 saturated carbocycles. The van der Waals surface area contributed by atoms with Crippen LogP contribution in [0.15, 0.2) is 35.7 Å². The molecule has 1 heterocycles. The highest BCUT2D eigenvalue weighted by atomic mass is 32.1. The lowest BCUT2D eigenvalue weighted by atomic mass is 10.0. The molecule has 0 bridgehead atoms. The summed E-state index contributed by atoms with van der Waals surface area (Å²) in [7, 11) is 2.17. The molecule has 0 aliphatic carbocycles. The smallest absolute Gasteiger partial charge is 0.0397 e. The molecule has 0 amide bonds. The molecule has 20 heavy (non-hydrogen) atoms. The fraction of sp³-hybridized carbons (Fsp3) is 0.412. The van der Waals surface area contributed by atoms with Crippen LogP contribution in [0.1, 0.15) is 22.9 Å². The molecule has 1 aromatic heterocycles. The maximum atomic E-state index is 5.98. The van der Waals surface area contributed by atoms with E-state index in [1.165, 1.54) is 21.7 Å². The Hall–Kier alpha value is -1.32. The lowest BCUT2D eigenvalue weighted by molar-refractivity contribution is 0.733. The minimum Gasteiger partial charge on any atom is -0.374 e. The predicted molar refractivity (Wildman–Crippen MR) is 89.8 cm³/mol. The van der Waals surface area contributed by atoms with Crippen LogP contribution in [0.4, 0.5) is 5.69 Å². The summed E-state index contributed by atoms with van der Waals surface area (Å²) in [5.41, 5.74) is 9.94. The van der Waals surface area contributed by atoms with Gasteiger partial charge in [-0.15, -0.1) is 11.3 Å². The van der Waals surface area contributed by atoms with Crippen molar-refractivity contribution in [2.24, 2.45) is 5.73 Å². The van der Waals surface area contributed by atoms with Crippen LogP contribution < -0.4 is 10.6 Å². The number of nitrogens with zero attached hydrogens (tertiary/aromatic N) is 1. The second-order valence-corrected chi connectivity index (χ2v) is 6.60. The Labute approximate surface area is 126 Å². The third-order valence-electron chi connectivity index (χ3n) is 3.46. The van der Waals surface area contributed by atoms with Gasteiger partial charge in [0.1, 0.15) is 0 Å². The van der Waals surface area contributed by atoms with Crippen molar-refractivity contribution in [1.29, 1.82) is 0 Å². The summed E-state index contributed by atoms with van der Waals surface area (Å²) >= 11 is 1.83. The van der Waals surface area contributed by atoms with Crippen molar-refractivity contribution in [2.75, 3.05) is 18.5 Å². The highest BCUT2D eigenvalue weighted by molar-refractivity contribution is 7.09. The van der Waals surface area contributed by atoms with Gasteiger partial charge in [-0.1, -0.05) is 23.8 Å². The van der Waals surface area contributed by atoms with E-state index >= 15 is 0 Å². The van der Waals surface area contributed by atoms with Crippen molar-refractivity contribution in [2.45, 2.75) is 32.7 Å². The highest BCUT2D eigenvalue weighted by Crippen LogP contribution is 2.23. The number of likely N-dealkylation sites (N-methyl/N-ethyl adjacent to an activating group) is 1. The van der Waals surface area contributed by atoms with E-state index in [1.807, 2.05) is 11.3 Å². The molecular weight excluding hydrogens is 264 g/mol. The maximum absolute atomic E-state index is 5.98. The molecule has 0 spiro atoms. The Bertz CT molecular complexity index is 532. The summed E-state index contributed by atoms with van der Waals surface area (Å²) in [4.78, 5) is 3.79. The monoisotopic (exact) mass is 288 g/mol. The fourth-order valence-electron chi connectivity index (χ4n) is 2.45. The van der Waals surface area contributed by atoms with E-state index in [1.54, 1.807) is 0 Å². The van der Waals surface area contributed by atoms with Gasteiger partial charge in [0.05, 0.1) is 0 Å². The van der Waals surface area contributed by atoms with Crippen LogP contribution in [0, 0.1) is 6.92 Å². The molecule has 2 aromatic rings. The van der Waals surface area contributed by atoms with Crippen molar-refractivity contribution < 1.29 is 0 Å². The Kier molecular flexibility index (Phi) is 5.21. The van der Waals surface area contributed by atoms with Crippen LogP contribution in [-0.2, 0) is 12.8 Å². The second kappa shape index (κ2) is 6.91. The first-order chi connectivity index (χ1) is 9.56. The third-order valence-corrected chi connectivity index (χ3v) is 4.40. The van der Waals surface area contributed by atoms with Gasteiger partial charge >= 0.3 is 0 Å². The molecule has 3 heteroatoms. The SMILES string of the molecule is Cc1ccc(N(C)CCc2cccs2)c(CC(C)N)c1. The van der Waals surface area contributed by atoms with Gasteiger partial charge in [0.2, 0.25) is 0 Å². The average Bonchev–Trinajstić information content (AvgIpc) is 2.88. The van der Waals surface area contributed by atoms with Crippen LogP contribution in [0.2, 0.25) is 0 Å². The number of nitrogens with two attached hydrogens (primary N) is 1. The summed E-state index contributed by atoms with van der Waals surface area (Å²) in [6.45, 7) is 5.24. The second-order valence-electron chi connectivity index (χ2n) is 5.56. The van der Waals surface area contributed by atoms with Gasteiger partial charge in [-0.25, -0.2) is 0 Å². The standard InChI is InChI=1S/C17H24N2S/c1-13-6-7-17(15(11-13)12-14(2)18)19(3)9-8-16-5-4-10-20-16/h4-7,10-11,14H,8-9,12,18H2,1-3H3.